The van der Waals surface area contributed by atoms with Gasteiger partial charge in [0, 0.05) is 57.7 Å². The number of hydrogen-bond donors (Lipinski definition) is 1. The van der Waals surface area contributed by atoms with Crippen molar-refractivity contribution in [1.29, 1.82) is 0 Å². The smallest absolute Gasteiger partial charge is 0.194 e. The van der Waals surface area contributed by atoms with E-state index in [1.54, 1.807) is 0 Å². The lowest BCUT2D eigenvalue weighted by atomic mass is 9.89. The highest BCUT2D eigenvalue weighted by molar-refractivity contribution is 14.0. The van der Waals surface area contributed by atoms with Crippen LogP contribution in [0.3, 0.4) is 0 Å². The molecule has 2 aliphatic heterocycles. The lowest BCUT2D eigenvalue weighted by molar-refractivity contribution is -0.00264. The first-order valence-electron chi connectivity index (χ1n) is 10.1. The molecule has 2 fully saturated rings. The van der Waals surface area contributed by atoms with E-state index in [1.807, 2.05) is 12.3 Å². The average molecular weight is 502 g/mol. The van der Waals surface area contributed by atoms with E-state index in [2.05, 4.69) is 58.2 Å². The number of halogens is 1. The third-order valence-electron chi connectivity index (χ3n) is 5.78. The molecule has 3 heterocycles. The van der Waals surface area contributed by atoms with Gasteiger partial charge in [-0.3, -0.25) is 4.99 Å². The van der Waals surface area contributed by atoms with Crippen molar-refractivity contribution in [2.24, 2.45) is 4.99 Å². The molecule has 8 heteroatoms. The van der Waals surface area contributed by atoms with Crippen LogP contribution in [0.25, 0.3) is 0 Å². The average Bonchev–Trinajstić information content (AvgIpc) is 2.72. The van der Waals surface area contributed by atoms with Crippen LogP contribution in [-0.2, 0) is 4.74 Å². The zero-order valence-electron chi connectivity index (χ0n) is 17.4. The van der Waals surface area contributed by atoms with Gasteiger partial charge in [0.15, 0.2) is 5.96 Å². The van der Waals surface area contributed by atoms with Crippen molar-refractivity contribution in [3.05, 3.63) is 24.4 Å². The maximum atomic E-state index is 5.59. The summed E-state index contributed by atoms with van der Waals surface area (Å²) in [5.74, 6) is 2.10. The van der Waals surface area contributed by atoms with E-state index in [0.717, 1.165) is 77.1 Å². The second-order valence-corrected chi connectivity index (χ2v) is 7.56. The van der Waals surface area contributed by atoms with Gasteiger partial charge in [-0.1, -0.05) is 6.07 Å². The standard InChI is InChI=1S/C20H34N6O.HI/c1-4-21-19(23-17-20(24(2)3)8-15-27-16-9-20)26-13-11-25(12-14-26)18-7-5-6-10-22-18;/h5-7,10H,4,8-9,11-17H2,1-3H3,(H,21,23);1H. The molecule has 0 aromatic carbocycles. The topological polar surface area (TPSA) is 56.2 Å². The number of anilines is 1. The van der Waals surface area contributed by atoms with E-state index in [0.29, 0.717) is 0 Å². The number of pyridine rings is 1. The Labute approximate surface area is 186 Å². The van der Waals surface area contributed by atoms with Crippen LogP contribution in [0.5, 0.6) is 0 Å². The largest absolute Gasteiger partial charge is 0.381 e. The van der Waals surface area contributed by atoms with Crippen molar-refractivity contribution in [2.75, 3.05) is 71.5 Å². The van der Waals surface area contributed by atoms with Crippen LogP contribution in [0.4, 0.5) is 5.82 Å². The Morgan fingerprint density at radius 1 is 1.21 bits per heavy atom. The predicted octanol–water partition coefficient (Wildman–Crippen LogP) is 1.90. The van der Waals surface area contributed by atoms with Crippen LogP contribution >= 0.6 is 24.0 Å². The lowest BCUT2D eigenvalue weighted by Crippen LogP contribution is -2.54. The second kappa shape index (κ2) is 11.2. The Morgan fingerprint density at radius 3 is 2.50 bits per heavy atom. The molecule has 0 spiro atoms. The Balaban J connectivity index is 0.00000280. The van der Waals surface area contributed by atoms with Gasteiger partial charge in [-0.25, -0.2) is 4.98 Å². The molecule has 2 aliphatic rings. The third kappa shape index (κ3) is 5.70. The van der Waals surface area contributed by atoms with Gasteiger partial charge in [0.05, 0.1) is 6.54 Å². The van der Waals surface area contributed by atoms with E-state index in [4.69, 9.17) is 9.73 Å². The van der Waals surface area contributed by atoms with E-state index < -0.39 is 0 Å². The van der Waals surface area contributed by atoms with Crippen molar-refractivity contribution in [2.45, 2.75) is 25.3 Å². The number of aromatic nitrogens is 1. The van der Waals surface area contributed by atoms with Crippen LogP contribution < -0.4 is 10.2 Å². The fourth-order valence-electron chi connectivity index (χ4n) is 3.83. The predicted molar refractivity (Wildman–Crippen MR) is 126 cm³/mol. The zero-order chi connectivity index (χ0) is 19.1. The molecule has 0 saturated carbocycles. The molecular weight excluding hydrogens is 467 g/mol. The Morgan fingerprint density at radius 2 is 1.93 bits per heavy atom. The highest BCUT2D eigenvalue weighted by atomic mass is 127. The SMILES string of the molecule is CCNC(=NCC1(N(C)C)CCOCC1)N1CCN(c2ccccn2)CC1.I. The minimum atomic E-state index is 0. The monoisotopic (exact) mass is 502 g/mol. The second-order valence-electron chi connectivity index (χ2n) is 7.56. The zero-order valence-corrected chi connectivity index (χ0v) is 19.8. The lowest BCUT2D eigenvalue weighted by Gasteiger charge is -2.42. The molecule has 0 unspecified atom stereocenters. The first-order valence-corrected chi connectivity index (χ1v) is 10.1. The summed E-state index contributed by atoms with van der Waals surface area (Å²) in [5.41, 5.74) is 0.106. The Bertz CT molecular complexity index is 598. The summed E-state index contributed by atoms with van der Waals surface area (Å²) >= 11 is 0. The van der Waals surface area contributed by atoms with Gasteiger partial charge in [-0.15, -0.1) is 24.0 Å². The summed E-state index contributed by atoms with van der Waals surface area (Å²) in [5, 5.41) is 3.49. The van der Waals surface area contributed by atoms with E-state index >= 15 is 0 Å². The number of piperazine rings is 1. The van der Waals surface area contributed by atoms with Gasteiger partial charge in [0.1, 0.15) is 5.82 Å². The van der Waals surface area contributed by atoms with Crippen LogP contribution in [-0.4, -0.2) is 92.9 Å². The van der Waals surface area contributed by atoms with E-state index in [-0.39, 0.29) is 29.5 Å². The summed E-state index contributed by atoms with van der Waals surface area (Å²) in [6.07, 6.45) is 3.94. The number of hydrogen-bond acceptors (Lipinski definition) is 5. The molecule has 0 atom stereocenters. The Kier molecular flexibility index (Phi) is 9.23. The van der Waals surface area contributed by atoms with Gasteiger partial charge >= 0.3 is 0 Å². The molecule has 1 aromatic rings. The van der Waals surface area contributed by atoms with Crippen molar-refractivity contribution in [3.8, 4) is 0 Å². The number of rotatable bonds is 5. The van der Waals surface area contributed by atoms with Crippen LogP contribution in [0.2, 0.25) is 0 Å². The fourth-order valence-corrected chi connectivity index (χ4v) is 3.83. The summed E-state index contributed by atoms with van der Waals surface area (Å²) in [6, 6.07) is 6.10. The number of aliphatic imine (C=N–C) groups is 1. The molecule has 0 amide bonds. The molecule has 158 valence electrons. The van der Waals surface area contributed by atoms with E-state index in [1.165, 1.54) is 0 Å². The summed E-state index contributed by atoms with van der Waals surface area (Å²) in [4.78, 5) is 16.6. The molecule has 1 N–H and O–H groups in total. The highest BCUT2D eigenvalue weighted by Crippen LogP contribution is 2.26. The van der Waals surface area contributed by atoms with Crippen LogP contribution in [0.15, 0.2) is 29.4 Å². The maximum Gasteiger partial charge on any atom is 0.194 e. The molecule has 3 rings (SSSR count). The normalized spacial score (nSPS) is 20.1. The summed E-state index contributed by atoms with van der Waals surface area (Å²) in [6.45, 7) is 9.34. The van der Waals surface area contributed by atoms with Gasteiger partial charge < -0.3 is 24.8 Å². The molecular formula is C20H35IN6O. The third-order valence-corrected chi connectivity index (χ3v) is 5.78. The molecule has 0 aliphatic carbocycles. The molecule has 7 nitrogen and oxygen atoms in total. The summed E-state index contributed by atoms with van der Waals surface area (Å²) < 4.78 is 5.59. The van der Waals surface area contributed by atoms with Crippen molar-refractivity contribution >= 4 is 35.8 Å². The van der Waals surface area contributed by atoms with Crippen molar-refractivity contribution < 1.29 is 4.74 Å². The molecule has 2 saturated heterocycles. The fraction of sp³-hybridized carbons (Fsp3) is 0.700. The van der Waals surface area contributed by atoms with E-state index in [9.17, 15) is 0 Å². The molecule has 28 heavy (non-hydrogen) atoms. The van der Waals surface area contributed by atoms with Crippen molar-refractivity contribution in [1.82, 2.24) is 20.1 Å². The summed E-state index contributed by atoms with van der Waals surface area (Å²) in [7, 11) is 4.33. The molecule has 0 bridgehead atoms. The number of nitrogens with one attached hydrogen (secondary N) is 1. The number of nitrogens with zero attached hydrogens (tertiary/aromatic N) is 5. The highest BCUT2D eigenvalue weighted by Gasteiger charge is 2.35. The first-order chi connectivity index (χ1) is 13.1. The molecule has 0 radical (unpaired) electrons. The molecule has 1 aromatic heterocycles. The Hall–Kier alpha value is -1.13. The van der Waals surface area contributed by atoms with Gasteiger partial charge in [-0.2, -0.15) is 0 Å². The van der Waals surface area contributed by atoms with Gasteiger partial charge in [-0.05, 0) is 46.0 Å². The van der Waals surface area contributed by atoms with Crippen molar-refractivity contribution in [3.63, 3.8) is 0 Å². The maximum absolute atomic E-state index is 5.59. The number of ether oxygens (including phenoxy) is 1. The minimum Gasteiger partial charge on any atom is -0.381 e. The number of likely N-dealkylation sites (N-methyl/N-ethyl adjacent to an activating group) is 1. The number of guanidine groups is 1. The van der Waals surface area contributed by atoms with Crippen LogP contribution in [0, 0.1) is 0 Å². The van der Waals surface area contributed by atoms with Crippen LogP contribution in [0.1, 0.15) is 19.8 Å². The first kappa shape index (κ1) is 23.2. The van der Waals surface area contributed by atoms with Gasteiger partial charge in [0.2, 0.25) is 0 Å². The minimum absolute atomic E-state index is 0. The quantitative estimate of drug-likeness (QED) is 0.377. The van der Waals surface area contributed by atoms with Gasteiger partial charge in [0.25, 0.3) is 0 Å².